The van der Waals surface area contributed by atoms with Gasteiger partial charge >= 0.3 is 0 Å². The number of hydrogen-bond acceptors (Lipinski definition) is 1. The Balaban J connectivity index is 2.91. The molecule has 0 amide bonds. The van der Waals surface area contributed by atoms with Gasteiger partial charge in [-0.3, -0.25) is 0 Å². The highest BCUT2D eigenvalue weighted by atomic mass is 79.9. The van der Waals surface area contributed by atoms with Crippen LogP contribution in [0.4, 0.5) is 0 Å². The third-order valence-electron chi connectivity index (χ3n) is 2.32. The van der Waals surface area contributed by atoms with Gasteiger partial charge in [-0.1, -0.05) is 41.9 Å². The molecule has 1 aromatic rings. The average molecular weight is 256 g/mol. The maximum absolute atomic E-state index is 6.29. The Morgan fingerprint density at radius 2 is 2.07 bits per heavy atom. The van der Waals surface area contributed by atoms with Crippen LogP contribution in [0.15, 0.2) is 28.7 Å². The van der Waals surface area contributed by atoms with Gasteiger partial charge in [0.1, 0.15) is 0 Å². The second kappa shape index (κ2) is 4.45. The molecule has 78 valence electrons. The van der Waals surface area contributed by atoms with E-state index in [1.54, 1.807) is 0 Å². The molecule has 1 aromatic carbocycles. The summed E-state index contributed by atoms with van der Waals surface area (Å²) in [7, 11) is 0. The largest absolute Gasteiger partial charge is 0.322 e. The Kier molecular flexibility index (Phi) is 3.73. The lowest BCUT2D eigenvalue weighted by atomic mass is 9.85. The van der Waals surface area contributed by atoms with Gasteiger partial charge in [0.05, 0.1) is 0 Å². The Bertz CT molecular complexity index is 305. The Labute approximate surface area is 94.8 Å². The Hall–Kier alpha value is -0.340. The number of nitrogens with two attached hydrogens (primary N) is 1. The number of benzene rings is 1. The number of hydrogen-bond donors (Lipinski definition) is 1. The summed E-state index contributed by atoms with van der Waals surface area (Å²) in [5.74, 6) is 0.615. The predicted octanol–water partition coefficient (Wildman–Crippen LogP) is 3.67. The van der Waals surface area contributed by atoms with Gasteiger partial charge in [0.15, 0.2) is 0 Å². The van der Waals surface area contributed by atoms with Crippen molar-refractivity contribution in [2.24, 2.45) is 11.7 Å². The van der Waals surface area contributed by atoms with Gasteiger partial charge in [-0.05, 0) is 37.0 Å². The summed E-state index contributed by atoms with van der Waals surface area (Å²) in [6, 6.07) is 8.25. The van der Waals surface area contributed by atoms with E-state index in [4.69, 9.17) is 5.73 Å². The topological polar surface area (TPSA) is 26.0 Å². The molecule has 0 unspecified atom stereocenters. The zero-order valence-electron chi connectivity index (χ0n) is 9.05. The molecule has 2 heteroatoms. The minimum absolute atomic E-state index is 0.224. The first-order valence-corrected chi connectivity index (χ1v) is 5.76. The van der Waals surface area contributed by atoms with Crippen molar-refractivity contribution in [3.63, 3.8) is 0 Å². The van der Waals surface area contributed by atoms with Gasteiger partial charge in [0.25, 0.3) is 0 Å². The maximum Gasteiger partial charge on any atom is 0.0383 e. The summed E-state index contributed by atoms with van der Waals surface area (Å²) in [5.41, 5.74) is 7.26. The first-order valence-electron chi connectivity index (χ1n) is 4.97. The molecule has 0 bridgehead atoms. The van der Waals surface area contributed by atoms with Crippen molar-refractivity contribution in [1.82, 2.24) is 0 Å². The smallest absolute Gasteiger partial charge is 0.0383 e. The average Bonchev–Trinajstić information content (AvgIpc) is 2.01. The molecular formula is C12H18BrN. The van der Waals surface area contributed by atoms with E-state index in [9.17, 15) is 0 Å². The van der Waals surface area contributed by atoms with E-state index in [1.807, 2.05) is 12.1 Å². The van der Waals surface area contributed by atoms with E-state index >= 15 is 0 Å². The molecule has 1 nitrogen and oxygen atoms in total. The van der Waals surface area contributed by atoms with Crippen molar-refractivity contribution in [2.45, 2.75) is 32.7 Å². The molecule has 0 spiro atoms. The van der Waals surface area contributed by atoms with E-state index in [0.717, 1.165) is 10.9 Å². The molecule has 0 saturated carbocycles. The van der Waals surface area contributed by atoms with Crippen LogP contribution in [0.3, 0.4) is 0 Å². The Morgan fingerprint density at radius 1 is 1.43 bits per heavy atom. The highest BCUT2D eigenvalue weighted by Gasteiger charge is 2.22. The third-order valence-corrected chi connectivity index (χ3v) is 2.81. The van der Waals surface area contributed by atoms with Crippen LogP contribution in [-0.4, -0.2) is 0 Å². The van der Waals surface area contributed by atoms with Crippen LogP contribution in [0.5, 0.6) is 0 Å². The zero-order chi connectivity index (χ0) is 10.8. The second-order valence-electron chi connectivity index (χ2n) is 4.53. The second-order valence-corrected chi connectivity index (χ2v) is 5.44. The van der Waals surface area contributed by atoms with E-state index in [0.29, 0.717) is 5.92 Å². The molecule has 0 fully saturated rings. The van der Waals surface area contributed by atoms with E-state index in [-0.39, 0.29) is 5.54 Å². The first kappa shape index (κ1) is 11.7. The summed E-state index contributed by atoms with van der Waals surface area (Å²) < 4.78 is 1.09. The van der Waals surface area contributed by atoms with Gasteiger partial charge in [-0.15, -0.1) is 0 Å². The van der Waals surface area contributed by atoms with Gasteiger partial charge in [-0.2, -0.15) is 0 Å². The third kappa shape index (κ3) is 3.10. The molecule has 14 heavy (non-hydrogen) atoms. The molecule has 0 heterocycles. The normalized spacial score (nSPS) is 15.6. The molecule has 1 rings (SSSR count). The van der Waals surface area contributed by atoms with Crippen molar-refractivity contribution >= 4 is 15.9 Å². The highest BCUT2D eigenvalue weighted by Crippen LogP contribution is 2.27. The standard InChI is InChI=1S/C12H18BrN/c1-9(2)8-12(3,14)10-5-4-6-11(13)7-10/h4-7,9H,8,14H2,1-3H3/t12-/m1/s1. The lowest BCUT2D eigenvalue weighted by Gasteiger charge is -2.27. The summed E-state index contributed by atoms with van der Waals surface area (Å²) in [6.07, 6.45) is 1.00. The summed E-state index contributed by atoms with van der Waals surface area (Å²) >= 11 is 3.47. The monoisotopic (exact) mass is 255 g/mol. The molecular weight excluding hydrogens is 238 g/mol. The highest BCUT2D eigenvalue weighted by molar-refractivity contribution is 9.10. The van der Waals surface area contributed by atoms with Crippen LogP contribution in [0.1, 0.15) is 32.8 Å². The van der Waals surface area contributed by atoms with Gasteiger partial charge in [-0.25, -0.2) is 0 Å². The summed E-state index contributed by atoms with van der Waals surface area (Å²) in [4.78, 5) is 0. The van der Waals surface area contributed by atoms with Gasteiger partial charge in [0, 0.05) is 10.0 Å². The maximum atomic E-state index is 6.29. The SMILES string of the molecule is CC(C)C[C@@](C)(N)c1cccc(Br)c1. The molecule has 0 radical (unpaired) electrons. The van der Waals surface area contributed by atoms with E-state index < -0.39 is 0 Å². The van der Waals surface area contributed by atoms with Crippen molar-refractivity contribution in [3.8, 4) is 0 Å². The summed E-state index contributed by atoms with van der Waals surface area (Å²) in [6.45, 7) is 6.49. The zero-order valence-corrected chi connectivity index (χ0v) is 10.6. The van der Waals surface area contributed by atoms with Gasteiger partial charge < -0.3 is 5.73 Å². The minimum Gasteiger partial charge on any atom is -0.322 e. The fraction of sp³-hybridized carbons (Fsp3) is 0.500. The van der Waals surface area contributed by atoms with Gasteiger partial charge in [0.2, 0.25) is 0 Å². The predicted molar refractivity (Wildman–Crippen MR) is 65.1 cm³/mol. The van der Waals surface area contributed by atoms with Crippen molar-refractivity contribution in [3.05, 3.63) is 34.3 Å². The minimum atomic E-state index is -0.224. The van der Waals surface area contributed by atoms with Crippen molar-refractivity contribution < 1.29 is 0 Å². The fourth-order valence-electron chi connectivity index (χ4n) is 1.81. The van der Waals surface area contributed by atoms with E-state index in [1.165, 1.54) is 5.56 Å². The lowest BCUT2D eigenvalue weighted by Crippen LogP contribution is -2.34. The Morgan fingerprint density at radius 3 is 2.57 bits per heavy atom. The van der Waals surface area contributed by atoms with Crippen LogP contribution in [0.25, 0.3) is 0 Å². The molecule has 0 aromatic heterocycles. The lowest BCUT2D eigenvalue weighted by molar-refractivity contribution is 0.380. The van der Waals surface area contributed by atoms with Crippen LogP contribution in [0.2, 0.25) is 0 Å². The molecule has 0 aliphatic heterocycles. The van der Waals surface area contributed by atoms with Crippen molar-refractivity contribution in [2.75, 3.05) is 0 Å². The van der Waals surface area contributed by atoms with Crippen LogP contribution < -0.4 is 5.73 Å². The molecule has 1 atom stereocenters. The quantitative estimate of drug-likeness (QED) is 0.877. The van der Waals surface area contributed by atoms with Crippen LogP contribution in [0, 0.1) is 5.92 Å². The molecule has 2 N–H and O–H groups in total. The molecule has 0 aliphatic rings. The molecule has 0 aliphatic carbocycles. The van der Waals surface area contributed by atoms with Crippen LogP contribution >= 0.6 is 15.9 Å². The van der Waals surface area contributed by atoms with Crippen molar-refractivity contribution in [1.29, 1.82) is 0 Å². The molecule has 0 saturated heterocycles. The first-order chi connectivity index (χ1) is 6.42. The number of halogens is 1. The fourth-order valence-corrected chi connectivity index (χ4v) is 2.21. The van der Waals surface area contributed by atoms with Crippen LogP contribution in [-0.2, 0) is 5.54 Å². The number of rotatable bonds is 3. The summed E-state index contributed by atoms with van der Waals surface area (Å²) in [5, 5.41) is 0. The van der Waals surface area contributed by atoms with E-state index in [2.05, 4.69) is 48.8 Å².